The van der Waals surface area contributed by atoms with Gasteiger partial charge in [0.15, 0.2) is 0 Å². The normalized spacial score (nSPS) is 14.7. The minimum atomic E-state index is -2.60. The van der Waals surface area contributed by atoms with Crippen LogP contribution >= 0.6 is 0 Å². The van der Waals surface area contributed by atoms with Crippen LogP contribution in [0.3, 0.4) is 0 Å². The predicted octanol–water partition coefficient (Wildman–Crippen LogP) is 0.605. The summed E-state index contributed by atoms with van der Waals surface area (Å²) in [7, 11) is -2.60. The monoisotopic (exact) mass is 336 g/mol. The summed E-state index contributed by atoms with van der Waals surface area (Å²) in [4.78, 5) is 19.4. The molecule has 0 radical (unpaired) electrons. The number of fused-ring (bicyclic) bond motifs is 10. The van der Waals surface area contributed by atoms with Crippen LogP contribution in [-0.2, 0) is 0 Å². The van der Waals surface area contributed by atoms with Crippen LogP contribution in [-0.4, -0.2) is 28.0 Å². The van der Waals surface area contributed by atoms with E-state index >= 15 is 0 Å². The number of nitrogens with zero attached hydrogens (tertiary/aromatic N) is 4. The number of hydrogen-bond acceptors (Lipinski definition) is 4. The maximum atomic E-state index is 4.85. The van der Waals surface area contributed by atoms with Crippen molar-refractivity contribution in [2.75, 3.05) is 0 Å². The molecule has 0 atom stereocenters. The van der Waals surface area contributed by atoms with Crippen LogP contribution in [0.25, 0.3) is 22.3 Å². The van der Waals surface area contributed by atoms with Gasteiger partial charge in [0.25, 0.3) is 8.07 Å². The van der Waals surface area contributed by atoms with Gasteiger partial charge in [-0.2, -0.15) is 0 Å². The van der Waals surface area contributed by atoms with Gasteiger partial charge in [-0.15, -0.1) is 0 Å². The molecule has 6 heterocycles. The molecule has 0 aliphatic carbocycles. The van der Waals surface area contributed by atoms with Gasteiger partial charge in [0.2, 0.25) is 0 Å². The second-order valence-electron chi connectivity index (χ2n) is 6.35. The topological polar surface area (TPSA) is 51.6 Å². The molecular weight excluding hydrogens is 324 g/mol. The van der Waals surface area contributed by atoms with Crippen LogP contribution in [0.5, 0.6) is 0 Å². The fourth-order valence-corrected chi connectivity index (χ4v) is 9.27. The largest absolute Gasteiger partial charge is 0.266 e. The number of hydrogen-bond donors (Lipinski definition) is 0. The Morgan fingerprint density at radius 3 is 1.00 bits per heavy atom. The van der Waals surface area contributed by atoms with Crippen LogP contribution in [0.15, 0.2) is 73.3 Å². The Morgan fingerprint density at radius 1 is 0.440 bits per heavy atom. The van der Waals surface area contributed by atoms with Crippen molar-refractivity contribution in [3.8, 4) is 22.3 Å². The van der Waals surface area contributed by atoms with Crippen molar-refractivity contribution >= 4 is 29.3 Å². The first-order valence-electron chi connectivity index (χ1n) is 8.25. The molecule has 2 aliphatic rings. The van der Waals surface area contributed by atoms with Gasteiger partial charge in [0.1, 0.15) is 0 Å². The van der Waals surface area contributed by atoms with Gasteiger partial charge in [-0.3, -0.25) is 19.9 Å². The van der Waals surface area contributed by atoms with Crippen LogP contribution in [0.2, 0.25) is 0 Å². The molecule has 1 spiro atoms. The van der Waals surface area contributed by atoms with Crippen molar-refractivity contribution in [2.24, 2.45) is 0 Å². The minimum Gasteiger partial charge on any atom is -0.264 e. The number of pyridine rings is 4. The number of rotatable bonds is 0. The molecule has 0 amide bonds. The maximum absolute atomic E-state index is 4.85. The molecule has 2 aliphatic heterocycles. The van der Waals surface area contributed by atoms with Crippen LogP contribution in [0.1, 0.15) is 0 Å². The quantitative estimate of drug-likeness (QED) is 0.381. The molecule has 0 saturated heterocycles. The van der Waals surface area contributed by atoms with Crippen molar-refractivity contribution in [2.45, 2.75) is 0 Å². The van der Waals surface area contributed by atoms with Crippen molar-refractivity contribution in [1.29, 1.82) is 0 Å². The molecule has 4 aromatic heterocycles. The van der Waals surface area contributed by atoms with Crippen LogP contribution in [0.4, 0.5) is 0 Å². The van der Waals surface area contributed by atoms with Gasteiger partial charge in [-0.25, -0.2) is 0 Å². The first kappa shape index (κ1) is 13.1. The van der Waals surface area contributed by atoms with Crippen molar-refractivity contribution in [3.05, 3.63) is 73.3 Å². The first-order valence-corrected chi connectivity index (χ1v) is 10.2. The van der Waals surface area contributed by atoms with E-state index in [4.69, 9.17) is 19.9 Å². The Hall–Kier alpha value is -3.18. The molecule has 0 unspecified atom stereocenters. The van der Waals surface area contributed by atoms with Gasteiger partial charge in [0, 0.05) is 47.0 Å². The van der Waals surface area contributed by atoms with Crippen molar-refractivity contribution < 1.29 is 0 Å². The maximum Gasteiger partial charge on any atom is 0.266 e. The molecule has 4 aromatic rings. The van der Waals surface area contributed by atoms with E-state index < -0.39 is 8.07 Å². The SMILES string of the molecule is c1cnc2c(c1)-c1cccnc1[Si]21c2ncccc2-c2cccnc21. The molecule has 0 aromatic carbocycles. The van der Waals surface area contributed by atoms with Gasteiger partial charge in [0.05, 0.1) is 21.3 Å². The third-order valence-electron chi connectivity index (χ3n) is 5.23. The lowest BCUT2D eigenvalue weighted by Gasteiger charge is -2.22. The first-order chi connectivity index (χ1) is 12.4. The lowest BCUT2D eigenvalue weighted by atomic mass is 10.1. The average Bonchev–Trinajstić information content (AvgIpc) is 3.16. The average molecular weight is 336 g/mol. The summed E-state index contributed by atoms with van der Waals surface area (Å²) in [5.74, 6) is 0. The third kappa shape index (κ3) is 1.39. The summed E-state index contributed by atoms with van der Waals surface area (Å²) in [6, 6.07) is 16.6. The Kier molecular flexibility index (Phi) is 2.34. The van der Waals surface area contributed by atoms with Gasteiger partial charge in [-0.05, 0) is 24.3 Å². The summed E-state index contributed by atoms with van der Waals surface area (Å²) in [6.45, 7) is 0. The Bertz CT molecular complexity index is 984. The molecule has 5 heteroatoms. The minimum absolute atomic E-state index is 1.11. The fraction of sp³-hybridized carbons (Fsp3) is 0. The zero-order valence-corrected chi connectivity index (χ0v) is 14.2. The Balaban J connectivity index is 1.89. The molecular formula is C20H12N4Si. The van der Waals surface area contributed by atoms with Gasteiger partial charge < -0.3 is 0 Å². The van der Waals surface area contributed by atoms with E-state index in [1.54, 1.807) is 0 Å². The fourth-order valence-electron chi connectivity index (χ4n) is 4.36. The highest BCUT2D eigenvalue weighted by atomic mass is 28.3. The molecule has 4 nitrogen and oxygen atoms in total. The van der Waals surface area contributed by atoms with Crippen molar-refractivity contribution in [3.63, 3.8) is 0 Å². The Labute approximate surface area is 145 Å². The molecule has 0 bridgehead atoms. The summed E-state index contributed by atoms with van der Waals surface area (Å²) < 4.78 is 0. The highest BCUT2D eigenvalue weighted by Crippen LogP contribution is 2.32. The standard InChI is InChI=1S/C20H12N4Si/c1-5-13-14-6-2-10-22-18(14)25(17(13)21-9-1)19-15(7-3-11-23-19)16-8-4-12-24-20(16)25/h1-12H. The predicted molar refractivity (Wildman–Crippen MR) is 99.2 cm³/mol. The smallest absolute Gasteiger partial charge is 0.264 e. The van der Waals surface area contributed by atoms with E-state index in [9.17, 15) is 0 Å². The van der Waals surface area contributed by atoms with Gasteiger partial charge in [-0.1, -0.05) is 24.3 Å². The highest BCUT2D eigenvalue weighted by Gasteiger charge is 2.59. The van der Waals surface area contributed by atoms with Crippen molar-refractivity contribution in [1.82, 2.24) is 19.9 Å². The zero-order valence-electron chi connectivity index (χ0n) is 13.2. The summed E-state index contributed by atoms with van der Waals surface area (Å²) in [6.07, 6.45) is 7.51. The molecule has 6 rings (SSSR count). The molecule has 0 saturated carbocycles. The van der Waals surface area contributed by atoms with E-state index in [-0.39, 0.29) is 0 Å². The Morgan fingerprint density at radius 2 is 0.720 bits per heavy atom. The summed E-state index contributed by atoms with van der Waals surface area (Å²) >= 11 is 0. The van der Waals surface area contributed by atoms with E-state index in [0.29, 0.717) is 0 Å². The second kappa shape index (κ2) is 4.46. The van der Waals surface area contributed by atoms with Crippen LogP contribution < -0.4 is 21.3 Å². The lowest BCUT2D eigenvalue weighted by molar-refractivity contribution is 1.34. The molecule has 116 valence electrons. The lowest BCUT2D eigenvalue weighted by Crippen LogP contribution is -2.73. The van der Waals surface area contributed by atoms with E-state index in [0.717, 1.165) is 21.3 Å². The highest BCUT2D eigenvalue weighted by molar-refractivity contribution is 7.22. The second-order valence-corrected chi connectivity index (χ2v) is 9.74. The van der Waals surface area contributed by atoms with Gasteiger partial charge >= 0.3 is 0 Å². The summed E-state index contributed by atoms with van der Waals surface area (Å²) in [5, 5.41) is 4.45. The van der Waals surface area contributed by atoms with Crippen LogP contribution in [0, 0.1) is 0 Å². The molecule has 25 heavy (non-hydrogen) atoms. The van der Waals surface area contributed by atoms with E-state index in [1.165, 1.54) is 22.3 Å². The third-order valence-corrected chi connectivity index (χ3v) is 9.67. The molecule has 0 fully saturated rings. The zero-order chi connectivity index (χ0) is 16.4. The van der Waals surface area contributed by atoms with E-state index in [1.807, 2.05) is 49.1 Å². The summed E-state index contributed by atoms with van der Waals surface area (Å²) in [5.41, 5.74) is 4.69. The number of aromatic nitrogens is 4. The van der Waals surface area contributed by atoms with E-state index in [2.05, 4.69) is 24.3 Å². The molecule has 0 N–H and O–H groups in total.